The third-order valence-corrected chi connectivity index (χ3v) is 3.29. The topological polar surface area (TPSA) is 96.3 Å². The summed E-state index contributed by atoms with van der Waals surface area (Å²) in [6.07, 6.45) is 2.10. The molecular weight excluding hydrogens is 248 g/mol. The van der Waals surface area contributed by atoms with Gasteiger partial charge in [-0.05, 0) is 19.4 Å². The van der Waals surface area contributed by atoms with Crippen LogP contribution in [0, 0.1) is 5.41 Å². The van der Waals surface area contributed by atoms with E-state index < -0.39 is 11.4 Å². The molecule has 7 nitrogen and oxygen atoms in total. The van der Waals surface area contributed by atoms with Gasteiger partial charge in [-0.25, -0.2) is 4.79 Å². The average molecular weight is 268 g/mol. The molecule has 1 aromatic heterocycles. The van der Waals surface area contributed by atoms with Crippen LogP contribution >= 0.6 is 0 Å². The third-order valence-electron chi connectivity index (χ3n) is 3.29. The molecular formula is C12H20N4O3. The number of carboxylic acid groups (broad SMARTS) is 1. The van der Waals surface area contributed by atoms with Crippen LogP contribution in [0.25, 0.3) is 0 Å². The fraction of sp³-hybridized carbons (Fsp3) is 0.583. The van der Waals surface area contributed by atoms with Crippen LogP contribution in [-0.4, -0.2) is 33.4 Å². The Kier molecular flexibility index (Phi) is 4.91. The number of aryl methyl sites for hydroxylation is 1. The zero-order valence-corrected chi connectivity index (χ0v) is 11.4. The quantitative estimate of drug-likeness (QED) is 0.708. The molecule has 1 atom stereocenters. The van der Waals surface area contributed by atoms with Gasteiger partial charge in [-0.3, -0.25) is 9.48 Å². The van der Waals surface area contributed by atoms with Crippen molar-refractivity contribution >= 4 is 12.0 Å². The number of nitrogens with zero attached hydrogens (tertiary/aromatic N) is 2. The van der Waals surface area contributed by atoms with E-state index >= 15 is 0 Å². The summed E-state index contributed by atoms with van der Waals surface area (Å²) in [5, 5.41) is 18.3. The summed E-state index contributed by atoms with van der Waals surface area (Å²) in [5.41, 5.74) is -0.0733. The molecule has 0 aliphatic heterocycles. The summed E-state index contributed by atoms with van der Waals surface area (Å²) in [7, 11) is 1.79. The smallest absolute Gasteiger partial charge is 0.315 e. The number of amides is 2. The second-order valence-corrected chi connectivity index (χ2v) is 4.70. The highest BCUT2D eigenvalue weighted by Gasteiger charge is 2.31. The number of carbonyl (C=O) groups is 2. The summed E-state index contributed by atoms with van der Waals surface area (Å²) in [6, 6.07) is 1.41. The summed E-state index contributed by atoms with van der Waals surface area (Å²) < 4.78 is 1.66. The average Bonchev–Trinajstić information content (AvgIpc) is 2.78. The summed E-state index contributed by atoms with van der Waals surface area (Å²) >= 11 is 0. The van der Waals surface area contributed by atoms with Crippen LogP contribution in [0.4, 0.5) is 4.79 Å². The molecule has 0 saturated carbocycles. The first-order valence-corrected chi connectivity index (χ1v) is 6.11. The highest BCUT2D eigenvalue weighted by atomic mass is 16.4. The molecule has 0 fully saturated rings. The molecule has 0 radical (unpaired) electrons. The standard InChI is InChI=1S/C12H20N4O3/c1-4-12(2,10(17)18)8-14-11(19)13-7-9-5-6-15-16(9)3/h5-6H,4,7-8H2,1-3H3,(H,17,18)(H2,13,14,19). The van der Waals surface area contributed by atoms with E-state index in [1.165, 1.54) is 0 Å². The molecule has 1 heterocycles. The summed E-state index contributed by atoms with van der Waals surface area (Å²) in [5.74, 6) is -0.915. The zero-order valence-electron chi connectivity index (χ0n) is 11.4. The molecule has 19 heavy (non-hydrogen) atoms. The molecule has 1 unspecified atom stereocenters. The number of carboxylic acids is 1. The first kappa shape index (κ1) is 15.0. The van der Waals surface area contributed by atoms with Crippen LogP contribution < -0.4 is 10.6 Å². The Hall–Kier alpha value is -2.05. The van der Waals surface area contributed by atoms with Gasteiger partial charge >= 0.3 is 12.0 Å². The Morgan fingerprint density at radius 2 is 2.16 bits per heavy atom. The van der Waals surface area contributed by atoms with Gasteiger partial charge in [0.2, 0.25) is 0 Å². The number of urea groups is 1. The number of nitrogens with one attached hydrogen (secondary N) is 2. The van der Waals surface area contributed by atoms with Crippen LogP contribution in [0.5, 0.6) is 0 Å². The van der Waals surface area contributed by atoms with Crippen molar-refractivity contribution in [2.24, 2.45) is 12.5 Å². The first-order valence-electron chi connectivity index (χ1n) is 6.11. The summed E-state index contributed by atoms with van der Waals surface area (Å²) in [4.78, 5) is 22.7. The van der Waals surface area contributed by atoms with Crippen molar-refractivity contribution in [1.82, 2.24) is 20.4 Å². The molecule has 0 spiro atoms. The van der Waals surface area contributed by atoms with Crippen molar-refractivity contribution in [2.45, 2.75) is 26.8 Å². The van der Waals surface area contributed by atoms with E-state index in [0.29, 0.717) is 13.0 Å². The number of carbonyl (C=O) groups excluding carboxylic acids is 1. The van der Waals surface area contributed by atoms with E-state index in [-0.39, 0.29) is 12.6 Å². The lowest BCUT2D eigenvalue weighted by atomic mass is 9.88. The monoisotopic (exact) mass is 268 g/mol. The van der Waals surface area contributed by atoms with Crippen LogP contribution in [0.3, 0.4) is 0 Å². The Morgan fingerprint density at radius 3 is 2.63 bits per heavy atom. The molecule has 0 aliphatic rings. The van der Waals surface area contributed by atoms with Crippen molar-refractivity contribution in [3.8, 4) is 0 Å². The number of rotatable bonds is 6. The fourth-order valence-corrected chi connectivity index (χ4v) is 1.44. The van der Waals surface area contributed by atoms with Crippen LogP contribution in [0.2, 0.25) is 0 Å². The Balaban J connectivity index is 2.40. The first-order chi connectivity index (χ1) is 8.89. The third kappa shape index (κ3) is 3.97. The van der Waals surface area contributed by atoms with Crippen molar-refractivity contribution in [3.63, 3.8) is 0 Å². The Bertz CT molecular complexity index is 458. The number of aliphatic carboxylic acids is 1. The minimum absolute atomic E-state index is 0.0933. The second kappa shape index (κ2) is 6.21. The van der Waals surface area contributed by atoms with Crippen LogP contribution in [0.15, 0.2) is 12.3 Å². The van der Waals surface area contributed by atoms with Crippen molar-refractivity contribution in [2.75, 3.05) is 6.54 Å². The van der Waals surface area contributed by atoms with E-state index in [1.54, 1.807) is 37.8 Å². The maximum Gasteiger partial charge on any atom is 0.315 e. The molecule has 2 amide bonds. The second-order valence-electron chi connectivity index (χ2n) is 4.70. The minimum atomic E-state index is -0.941. The number of hydrogen-bond donors (Lipinski definition) is 3. The normalized spacial score (nSPS) is 13.6. The van der Waals surface area contributed by atoms with Gasteiger partial charge in [0.1, 0.15) is 0 Å². The largest absolute Gasteiger partial charge is 0.481 e. The van der Waals surface area contributed by atoms with E-state index in [1.807, 2.05) is 0 Å². The van der Waals surface area contributed by atoms with E-state index in [0.717, 1.165) is 5.69 Å². The van der Waals surface area contributed by atoms with Crippen LogP contribution in [-0.2, 0) is 18.4 Å². The highest BCUT2D eigenvalue weighted by molar-refractivity contribution is 5.77. The maximum atomic E-state index is 11.6. The lowest BCUT2D eigenvalue weighted by molar-refractivity contribution is -0.147. The number of hydrogen-bond acceptors (Lipinski definition) is 3. The number of aromatic nitrogens is 2. The van der Waals surface area contributed by atoms with Gasteiger partial charge in [0, 0.05) is 19.8 Å². The SMILES string of the molecule is CCC(C)(CNC(=O)NCc1ccnn1C)C(=O)O. The predicted molar refractivity (Wildman–Crippen MR) is 69.5 cm³/mol. The lowest BCUT2D eigenvalue weighted by Crippen LogP contribution is -2.44. The molecule has 1 aromatic rings. The molecule has 0 aliphatic carbocycles. The van der Waals surface area contributed by atoms with Gasteiger partial charge in [0.25, 0.3) is 0 Å². The van der Waals surface area contributed by atoms with Gasteiger partial charge < -0.3 is 15.7 Å². The van der Waals surface area contributed by atoms with Crippen LogP contribution in [0.1, 0.15) is 26.0 Å². The van der Waals surface area contributed by atoms with E-state index in [2.05, 4.69) is 15.7 Å². The molecule has 0 bridgehead atoms. The van der Waals surface area contributed by atoms with Gasteiger partial charge in [0.15, 0.2) is 0 Å². The minimum Gasteiger partial charge on any atom is -0.481 e. The van der Waals surface area contributed by atoms with Gasteiger partial charge in [0.05, 0.1) is 17.7 Å². The summed E-state index contributed by atoms with van der Waals surface area (Å²) in [6.45, 7) is 3.83. The van der Waals surface area contributed by atoms with Gasteiger partial charge in [-0.1, -0.05) is 6.92 Å². The molecule has 106 valence electrons. The van der Waals surface area contributed by atoms with Gasteiger partial charge in [-0.2, -0.15) is 5.10 Å². The van der Waals surface area contributed by atoms with Crippen molar-refractivity contribution in [3.05, 3.63) is 18.0 Å². The van der Waals surface area contributed by atoms with E-state index in [9.17, 15) is 9.59 Å². The molecule has 0 aromatic carbocycles. The van der Waals surface area contributed by atoms with Crippen molar-refractivity contribution < 1.29 is 14.7 Å². The zero-order chi connectivity index (χ0) is 14.5. The lowest BCUT2D eigenvalue weighted by Gasteiger charge is -2.23. The Labute approximate surface area is 112 Å². The molecule has 0 saturated heterocycles. The maximum absolute atomic E-state index is 11.6. The highest BCUT2D eigenvalue weighted by Crippen LogP contribution is 2.19. The van der Waals surface area contributed by atoms with Crippen molar-refractivity contribution in [1.29, 1.82) is 0 Å². The molecule has 7 heteroatoms. The Morgan fingerprint density at radius 1 is 1.47 bits per heavy atom. The molecule has 1 rings (SSSR count). The van der Waals surface area contributed by atoms with E-state index in [4.69, 9.17) is 5.11 Å². The van der Waals surface area contributed by atoms with Gasteiger partial charge in [-0.15, -0.1) is 0 Å². The fourth-order valence-electron chi connectivity index (χ4n) is 1.44. The predicted octanol–water partition coefficient (Wildman–Crippen LogP) is 0.720. The molecule has 3 N–H and O–H groups in total.